The average molecular weight is 258 g/mol. The summed E-state index contributed by atoms with van der Waals surface area (Å²) in [6.45, 7) is 2.67. The molecule has 0 bridgehead atoms. The van der Waals surface area contributed by atoms with Crippen molar-refractivity contribution in [1.82, 2.24) is 0 Å². The lowest BCUT2D eigenvalue weighted by Crippen LogP contribution is -1.98. The van der Waals surface area contributed by atoms with Crippen LogP contribution in [0.3, 0.4) is 0 Å². The normalized spacial score (nSPS) is 15.1. The summed E-state index contributed by atoms with van der Waals surface area (Å²) in [4.78, 5) is 0. The number of hydrogen-bond acceptors (Lipinski definition) is 3. The second kappa shape index (κ2) is 5.10. The van der Waals surface area contributed by atoms with Gasteiger partial charge in [-0.25, -0.2) is 0 Å². The van der Waals surface area contributed by atoms with Crippen LogP contribution in [0.1, 0.15) is 35.2 Å². The van der Waals surface area contributed by atoms with Crippen molar-refractivity contribution in [1.29, 1.82) is 0 Å². The zero-order valence-electron chi connectivity index (χ0n) is 11.1. The van der Waals surface area contributed by atoms with E-state index >= 15 is 0 Å². The second-order valence-corrected chi connectivity index (χ2v) is 5.04. The van der Waals surface area contributed by atoms with Crippen LogP contribution in [0.25, 0.3) is 0 Å². The lowest BCUT2D eigenvalue weighted by molar-refractivity contribution is 0.139. The fourth-order valence-corrected chi connectivity index (χ4v) is 2.47. The molecule has 3 heteroatoms. The Bertz CT molecular complexity index is 571. The van der Waals surface area contributed by atoms with Gasteiger partial charge in [-0.3, -0.25) is 0 Å². The Hall–Kier alpha value is -1.74. The van der Waals surface area contributed by atoms with Gasteiger partial charge in [-0.2, -0.15) is 0 Å². The van der Waals surface area contributed by atoms with Crippen LogP contribution in [0.15, 0.2) is 34.7 Å². The van der Waals surface area contributed by atoms with Crippen molar-refractivity contribution in [2.24, 2.45) is 0 Å². The van der Waals surface area contributed by atoms with Gasteiger partial charge in [-0.1, -0.05) is 12.1 Å². The molecule has 0 aliphatic carbocycles. The molecule has 19 heavy (non-hydrogen) atoms. The highest BCUT2D eigenvalue weighted by molar-refractivity contribution is 5.39. The molecule has 1 aliphatic heterocycles. The summed E-state index contributed by atoms with van der Waals surface area (Å²) in [7, 11) is 0. The lowest BCUT2D eigenvalue weighted by Gasteiger charge is -2.08. The highest BCUT2D eigenvalue weighted by Gasteiger charge is 2.14. The van der Waals surface area contributed by atoms with Gasteiger partial charge in [0.15, 0.2) is 0 Å². The minimum Gasteiger partial charge on any atom is -0.493 e. The van der Waals surface area contributed by atoms with E-state index in [1.807, 2.05) is 25.1 Å². The minimum absolute atomic E-state index is 0.529. The summed E-state index contributed by atoms with van der Waals surface area (Å²) in [5.74, 6) is 2.50. The van der Waals surface area contributed by atoms with Gasteiger partial charge >= 0.3 is 0 Å². The lowest BCUT2D eigenvalue weighted by atomic mass is 10.0. The van der Waals surface area contributed by atoms with Crippen LogP contribution in [0, 0.1) is 6.92 Å². The summed E-state index contributed by atoms with van der Waals surface area (Å²) in [5.41, 5.74) is 2.52. The maximum absolute atomic E-state index is 10.1. The molecule has 3 rings (SSSR count). The third kappa shape index (κ3) is 2.66. The van der Waals surface area contributed by atoms with Crippen molar-refractivity contribution in [3.05, 3.63) is 53.0 Å². The SMILES string of the molecule is Cc1ccc(C(O)CCc2ccc3c(c2)CCO3)o1. The summed E-state index contributed by atoms with van der Waals surface area (Å²) >= 11 is 0. The Morgan fingerprint density at radius 1 is 1.26 bits per heavy atom. The summed E-state index contributed by atoms with van der Waals surface area (Å²) in [6.07, 6.45) is 1.97. The van der Waals surface area contributed by atoms with Crippen molar-refractivity contribution in [2.75, 3.05) is 6.61 Å². The van der Waals surface area contributed by atoms with E-state index in [9.17, 15) is 5.11 Å². The van der Waals surface area contributed by atoms with E-state index in [2.05, 4.69) is 12.1 Å². The summed E-state index contributed by atoms with van der Waals surface area (Å²) < 4.78 is 10.9. The number of furan rings is 1. The van der Waals surface area contributed by atoms with Gasteiger partial charge in [0.25, 0.3) is 0 Å². The number of rotatable bonds is 4. The fourth-order valence-electron chi connectivity index (χ4n) is 2.47. The van der Waals surface area contributed by atoms with Gasteiger partial charge in [0.1, 0.15) is 23.4 Å². The molecule has 0 saturated carbocycles. The van der Waals surface area contributed by atoms with Gasteiger partial charge < -0.3 is 14.3 Å². The molecule has 1 aromatic heterocycles. The number of fused-ring (bicyclic) bond motifs is 1. The van der Waals surface area contributed by atoms with Gasteiger partial charge in [0, 0.05) is 6.42 Å². The molecule has 1 unspecified atom stereocenters. The van der Waals surface area contributed by atoms with E-state index in [1.165, 1.54) is 11.1 Å². The first-order valence-corrected chi connectivity index (χ1v) is 6.71. The molecule has 3 nitrogen and oxygen atoms in total. The first kappa shape index (κ1) is 12.3. The predicted octanol–water partition coefficient (Wildman–Crippen LogP) is 3.19. The van der Waals surface area contributed by atoms with E-state index in [-0.39, 0.29) is 0 Å². The van der Waals surface area contributed by atoms with Crippen molar-refractivity contribution < 1.29 is 14.3 Å². The fraction of sp³-hybridized carbons (Fsp3) is 0.375. The minimum atomic E-state index is -0.529. The highest BCUT2D eigenvalue weighted by Crippen LogP contribution is 2.27. The second-order valence-electron chi connectivity index (χ2n) is 5.04. The summed E-state index contributed by atoms with van der Waals surface area (Å²) in [5, 5.41) is 10.1. The van der Waals surface area contributed by atoms with E-state index < -0.39 is 6.10 Å². The number of aliphatic hydroxyl groups excluding tert-OH is 1. The Morgan fingerprint density at radius 2 is 2.16 bits per heavy atom. The van der Waals surface area contributed by atoms with Crippen LogP contribution in [-0.4, -0.2) is 11.7 Å². The number of hydrogen-bond donors (Lipinski definition) is 1. The maximum atomic E-state index is 10.1. The van der Waals surface area contributed by atoms with Crippen LogP contribution in [0.2, 0.25) is 0 Å². The Kier molecular flexibility index (Phi) is 3.30. The number of ether oxygens (including phenoxy) is 1. The standard InChI is InChI=1S/C16H18O3/c1-11-2-6-16(19-11)14(17)5-3-12-4-7-15-13(10-12)8-9-18-15/h2,4,6-7,10,14,17H,3,5,8-9H2,1H3. The molecule has 0 radical (unpaired) electrons. The van der Waals surface area contributed by atoms with Crippen LogP contribution in [-0.2, 0) is 12.8 Å². The number of benzene rings is 1. The zero-order chi connectivity index (χ0) is 13.2. The number of aliphatic hydroxyl groups is 1. The van der Waals surface area contributed by atoms with Crippen LogP contribution < -0.4 is 4.74 Å². The van der Waals surface area contributed by atoms with Gasteiger partial charge in [0.05, 0.1) is 6.61 Å². The average Bonchev–Trinajstić information content (AvgIpc) is 3.03. The van der Waals surface area contributed by atoms with Crippen molar-refractivity contribution in [3.63, 3.8) is 0 Å². The van der Waals surface area contributed by atoms with E-state index in [0.717, 1.165) is 31.0 Å². The molecule has 2 aromatic rings. The molecule has 1 N–H and O–H groups in total. The molecule has 2 heterocycles. The Balaban J connectivity index is 1.63. The van der Waals surface area contributed by atoms with Crippen LogP contribution in [0.4, 0.5) is 0 Å². The van der Waals surface area contributed by atoms with E-state index in [1.54, 1.807) is 0 Å². The molecule has 0 saturated heterocycles. The van der Waals surface area contributed by atoms with Crippen molar-refractivity contribution in [3.8, 4) is 5.75 Å². The molecule has 0 amide bonds. The Morgan fingerprint density at radius 3 is 2.95 bits per heavy atom. The monoisotopic (exact) mass is 258 g/mol. The van der Waals surface area contributed by atoms with Crippen LogP contribution >= 0.6 is 0 Å². The van der Waals surface area contributed by atoms with Gasteiger partial charge in [0.2, 0.25) is 0 Å². The predicted molar refractivity (Wildman–Crippen MR) is 72.4 cm³/mol. The third-order valence-electron chi connectivity index (χ3n) is 3.55. The quantitative estimate of drug-likeness (QED) is 0.915. The van der Waals surface area contributed by atoms with Gasteiger partial charge in [-0.05, 0) is 49.1 Å². The number of aryl methyl sites for hydroxylation is 2. The summed E-state index contributed by atoms with van der Waals surface area (Å²) in [6, 6.07) is 10.0. The molecular formula is C16H18O3. The van der Waals surface area contributed by atoms with E-state index in [4.69, 9.17) is 9.15 Å². The van der Waals surface area contributed by atoms with Crippen molar-refractivity contribution >= 4 is 0 Å². The molecule has 1 atom stereocenters. The zero-order valence-corrected chi connectivity index (χ0v) is 11.1. The Labute approximate surface area is 112 Å². The van der Waals surface area contributed by atoms with E-state index in [0.29, 0.717) is 12.2 Å². The smallest absolute Gasteiger partial charge is 0.132 e. The van der Waals surface area contributed by atoms with Crippen molar-refractivity contribution in [2.45, 2.75) is 32.3 Å². The topological polar surface area (TPSA) is 42.6 Å². The maximum Gasteiger partial charge on any atom is 0.132 e. The molecule has 1 aromatic carbocycles. The highest BCUT2D eigenvalue weighted by atomic mass is 16.5. The molecule has 100 valence electrons. The van der Waals surface area contributed by atoms with Crippen LogP contribution in [0.5, 0.6) is 5.75 Å². The molecule has 1 aliphatic rings. The first-order chi connectivity index (χ1) is 9.22. The molecule has 0 spiro atoms. The largest absolute Gasteiger partial charge is 0.493 e. The molecular weight excluding hydrogens is 240 g/mol. The van der Waals surface area contributed by atoms with Gasteiger partial charge in [-0.15, -0.1) is 0 Å². The third-order valence-corrected chi connectivity index (χ3v) is 3.55. The first-order valence-electron chi connectivity index (χ1n) is 6.71. The molecule has 0 fully saturated rings.